The van der Waals surface area contributed by atoms with Crippen molar-refractivity contribution in [2.45, 2.75) is 6.18 Å². The minimum absolute atomic E-state index is 0.307. The van der Waals surface area contributed by atoms with Gasteiger partial charge in [0.05, 0.1) is 0 Å². The Balaban J connectivity index is 2.43. The summed E-state index contributed by atoms with van der Waals surface area (Å²) in [6.07, 6.45) is -4.64. The predicted octanol–water partition coefficient (Wildman–Crippen LogP) is 0.643. The lowest BCUT2D eigenvalue weighted by Crippen LogP contribution is -2.44. The fraction of sp³-hybridized carbons (Fsp3) is 0.250. The van der Waals surface area contributed by atoms with E-state index in [1.807, 2.05) is 0 Å². The Morgan fingerprint density at radius 2 is 1.83 bits per heavy atom. The minimum Gasteiger partial charge on any atom is -0.508 e. The number of ether oxygens (including phenoxy) is 1. The Morgan fingerprint density at radius 1 is 1.17 bits per heavy atom. The molecule has 0 aromatic heterocycles. The minimum atomic E-state index is -4.64. The number of hydrogen-bond donors (Lipinski definition) is 4. The number of phenolic OH excluding ortho intramolecular Hbond substituents is 2. The van der Waals surface area contributed by atoms with Gasteiger partial charge < -0.3 is 20.3 Å². The Morgan fingerprint density at radius 3 is 2.39 bits per heavy atom. The number of imide groups is 1. The number of esters is 1. The van der Waals surface area contributed by atoms with Crippen molar-refractivity contribution >= 4 is 17.9 Å². The van der Waals surface area contributed by atoms with Crippen LogP contribution in [0.3, 0.4) is 0 Å². The Labute approximate surface area is 126 Å². The first kappa shape index (κ1) is 18.1. The van der Waals surface area contributed by atoms with Crippen molar-refractivity contribution in [3.63, 3.8) is 0 Å². The zero-order chi connectivity index (χ0) is 17.6. The SMILES string of the molecule is O=C(COC(=O)c1ccc(O)cc1O)NC(=O)NCC(F)(F)F. The third-order valence-electron chi connectivity index (χ3n) is 2.24. The number of amides is 3. The zero-order valence-electron chi connectivity index (χ0n) is 11.3. The average Bonchev–Trinajstić information content (AvgIpc) is 2.42. The monoisotopic (exact) mass is 336 g/mol. The van der Waals surface area contributed by atoms with Crippen molar-refractivity contribution in [1.82, 2.24) is 10.6 Å². The summed E-state index contributed by atoms with van der Waals surface area (Å²) in [5, 5.41) is 21.3. The molecule has 1 rings (SSSR count). The number of rotatable bonds is 4. The van der Waals surface area contributed by atoms with Gasteiger partial charge in [0.2, 0.25) is 0 Å². The summed E-state index contributed by atoms with van der Waals surface area (Å²) in [6, 6.07) is 1.57. The van der Waals surface area contributed by atoms with E-state index in [1.54, 1.807) is 0 Å². The van der Waals surface area contributed by atoms with E-state index in [4.69, 9.17) is 5.11 Å². The van der Waals surface area contributed by atoms with E-state index in [1.165, 1.54) is 10.6 Å². The molecule has 0 heterocycles. The van der Waals surface area contributed by atoms with E-state index in [-0.39, 0.29) is 11.3 Å². The van der Waals surface area contributed by atoms with Gasteiger partial charge in [0.15, 0.2) is 6.61 Å². The Kier molecular flexibility index (Phi) is 5.76. The van der Waals surface area contributed by atoms with Gasteiger partial charge in [-0.05, 0) is 12.1 Å². The van der Waals surface area contributed by atoms with Gasteiger partial charge in [-0.3, -0.25) is 10.1 Å². The number of phenols is 2. The number of alkyl halides is 3. The first-order valence-electron chi connectivity index (χ1n) is 5.92. The highest BCUT2D eigenvalue weighted by Crippen LogP contribution is 2.23. The summed E-state index contributed by atoms with van der Waals surface area (Å²) in [5.41, 5.74) is -0.350. The number of aromatic hydroxyl groups is 2. The maximum absolute atomic E-state index is 11.8. The summed E-state index contributed by atoms with van der Waals surface area (Å²) >= 11 is 0. The lowest BCUT2D eigenvalue weighted by atomic mass is 10.2. The van der Waals surface area contributed by atoms with Gasteiger partial charge in [-0.15, -0.1) is 0 Å². The Hall–Kier alpha value is -2.98. The molecule has 0 saturated heterocycles. The van der Waals surface area contributed by atoms with E-state index in [9.17, 15) is 32.7 Å². The molecule has 0 bridgehead atoms. The average molecular weight is 336 g/mol. The summed E-state index contributed by atoms with van der Waals surface area (Å²) in [5.74, 6) is -3.21. The summed E-state index contributed by atoms with van der Waals surface area (Å²) < 4.78 is 39.9. The molecule has 0 radical (unpaired) electrons. The smallest absolute Gasteiger partial charge is 0.405 e. The predicted molar refractivity (Wildman–Crippen MR) is 67.7 cm³/mol. The van der Waals surface area contributed by atoms with E-state index in [0.29, 0.717) is 0 Å². The second-order valence-corrected chi connectivity index (χ2v) is 4.12. The summed E-state index contributed by atoms with van der Waals surface area (Å²) in [6.45, 7) is -2.59. The van der Waals surface area contributed by atoms with Crippen molar-refractivity contribution in [1.29, 1.82) is 0 Å². The number of carbonyl (C=O) groups excluding carboxylic acids is 3. The van der Waals surface area contributed by atoms with E-state index < -0.39 is 43.0 Å². The summed E-state index contributed by atoms with van der Waals surface area (Å²) in [7, 11) is 0. The molecule has 126 valence electrons. The molecule has 0 fully saturated rings. The zero-order valence-corrected chi connectivity index (χ0v) is 11.3. The number of halogens is 3. The molecule has 11 heteroatoms. The van der Waals surface area contributed by atoms with Gasteiger partial charge in [0.25, 0.3) is 5.91 Å². The summed E-state index contributed by atoms with van der Waals surface area (Å²) in [4.78, 5) is 33.7. The molecular formula is C12H11F3N2O6. The highest BCUT2D eigenvalue weighted by molar-refractivity contribution is 5.97. The van der Waals surface area contributed by atoms with Crippen LogP contribution in [0, 0.1) is 0 Å². The standard InChI is InChI=1S/C12H11F3N2O6/c13-12(14,15)5-16-11(22)17-9(20)4-23-10(21)7-2-1-6(18)3-8(7)19/h1-3,18-19H,4-5H2,(H2,16,17,20,22). The molecule has 0 aliphatic carbocycles. The van der Waals surface area contributed by atoms with Crippen LogP contribution in [-0.4, -0.2) is 47.4 Å². The van der Waals surface area contributed by atoms with Gasteiger partial charge in [-0.1, -0.05) is 0 Å². The molecule has 0 aliphatic rings. The molecular weight excluding hydrogens is 325 g/mol. The van der Waals surface area contributed by atoms with Crippen LogP contribution in [0.15, 0.2) is 18.2 Å². The quantitative estimate of drug-likeness (QED) is 0.598. The lowest BCUT2D eigenvalue weighted by molar-refractivity contribution is -0.125. The van der Waals surface area contributed by atoms with Crippen LogP contribution in [0.4, 0.5) is 18.0 Å². The van der Waals surface area contributed by atoms with E-state index >= 15 is 0 Å². The maximum Gasteiger partial charge on any atom is 0.405 e. The van der Waals surface area contributed by atoms with Gasteiger partial charge in [-0.2, -0.15) is 13.2 Å². The molecule has 0 unspecified atom stereocenters. The van der Waals surface area contributed by atoms with Crippen molar-refractivity contribution in [2.75, 3.05) is 13.2 Å². The van der Waals surface area contributed by atoms with Crippen molar-refractivity contribution < 1.29 is 42.5 Å². The molecule has 3 amide bonds. The number of hydrogen-bond acceptors (Lipinski definition) is 6. The largest absolute Gasteiger partial charge is 0.508 e. The van der Waals surface area contributed by atoms with Crippen LogP contribution in [0.2, 0.25) is 0 Å². The third-order valence-corrected chi connectivity index (χ3v) is 2.24. The molecule has 0 atom stereocenters. The maximum atomic E-state index is 11.8. The van der Waals surface area contributed by atoms with Crippen LogP contribution < -0.4 is 10.6 Å². The normalized spacial score (nSPS) is 10.7. The second kappa shape index (κ2) is 7.33. The highest BCUT2D eigenvalue weighted by Gasteiger charge is 2.28. The van der Waals surface area contributed by atoms with Crippen LogP contribution in [0.5, 0.6) is 11.5 Å². The van der Waals surface area contributed by atoms with Gasteiger partial charge in [0.1, 0.15) is 23.6 Å². The van der Waals surface area contributed by atoms with Crippen LogP contribution in [-0.2, 0) is 9.53 Å². The first-order valence-corrected chi connectivity index (χ1v) is 5.92. The molecule has 4 N–H and O–H groups in total. The number of carbonyl (C=O) groups is 3. The number of urea groups is 1. The van der Waals surface area contributed by atoms with E-state index in [0.717, 1.165) is 18.2 Å². The Bertz CT molecular complexity index is 617. The van der Waals surface area contributed by atoms with Crippen molar-refractivity contribution in [3.8, 4) is 11.5 Å². The number of nitrogens with one attached hydrogen (secondary N) is 2. The molecule has 8 nitrogen and oxygen atoms in total. The molecule has 0 spiro atoms. The van der Waals surface area contributed by atoms with Crippen LogP contribution in [0.1, 0.15) is 10.4 Å². The molecule has 23 heavy (non-hydrogen) atoms. The molecule has 0 saturated carbocycles. The highest BCUT2D eigenvalue weighted by atomic mass is 19.4. The fourth-order valence-corrected chi connectivity index (χ4v) is 1.29. The third kappa shape index (κ3) is 6.54. The van der Waals surface area contributed by atoms with Gasteiger partial charge >= 0.3 is 18.2 Å². The molecule has 1 aromatic rings. The van der Waals surface area contributed by atoms with Crippen LogP contribution >= 0.6 is 0 Å². The lowest BCUT2D eigenvalue weighted by Gasteiger charge is -2.09. The fourth-order valence-electron chi connectivity index (χ4n) is 1.29. The van der Waals surface area contributed by atoms with Gasteiger partial charge in [0, 0.05) is 6.07 Å². The van der Waals surface area contributed by atoms with Crippen LogP contribution in [0.25, 0.3) is 0 Å². The molecule has 1 aromatic carbocycles. The topological polar surface area (TPSA) is 125 Å². The van der Waals surface area contributed by atoms with Gasteiger partial charge in [-0.25, -0.2) is 9.59 Å². The van der Waals surface area contributed by atoms with E-state index in [2.05, 4.69) is 4.74 Å². The molecule has 0 aliphatic heterocycles. The second-order valence-electron chi connectivity index (χ2n) is 4.12. The van der Waals surface area contributed by atoms with Crippen molar-refractivity contribution in [2.24, 2.45) is 0 Å². The van der Waals surface area contributed by atoms with Crippen molar-refractivity contribution in [3.05, 3.63) is 23.8 Å². The first-order chi connectivity index (χ1) is 10.6. The number of benzene rings is 1.